The van der Waals surface area contributed by atoms with Crippen molar-refractivity contribution in [3.63, 3.8) is 0 Å². The Balaban J connectivity index is 3.10. The molecule has 1 aromatic carbocycles. The molecule has 2 N–H and O–H groups in total. The Morgan fingerprint density at radius 2 is 2.13 bits per heavy atom. The van der Waals surface area contributed by atoms with Gasteiger partial charge in [-0.1, -0.05) is 0 Å². The molecule has 0 heterocycles. The first-order chi connectivity index (χ1) is 7.10. The van der Waals surface area contributed by atoms with Gasteiger partial charge in [0.25, 0.3) is 0 Å². The molecule has 15 heavy (non-hydrogen) atoms. The zero-order chi connectivity index (χ0) is 11.4. The number of hydrogen-bond donors (Lipinski definition) is 1. The average Bonchev–Trinajstić information content (AvgIpc) is 2.21. The summed E-state index contributed by atoms with van der Waals surface area (Å²) in [7, 11) is 0. The molecule has 1 rings (SSSR count). The molecule has 0 fully saturated rings. The zero-order valence-electron chi connectivity index (χ0n) is 9.49. The number of nitrogens with two attached hydrogens (primary N) is 1. The lowest BCUT2D eigenvalue weighted by molar-refractivity contribution is 0.704. The highest BCUT2D eigenvalue weighted by Crippen LogP contribution is 2.22. The Morgan fingerprint density at radius 3 is 2.60 bits per heavy atom. The Bertz CT molecular complexity index is 377. The van der Waals surface area contributed by atoms with Gasteiger partial charge in [-0.2, -0.15) is 5.26 Å². The first kappa shape index (κ1) is 11.4. The highest BCUT2D eigenvalue weighted by Gasteiger charge is 2.09. The fourth-order valence-corrected chi connectivity index (χ4v) is 1.67. The van der Waals surface area contributed by atoms with Gasteiger partial charge in [0.2, 0.25) is 0 Å². The summed E-state index contributed by atoms with van der Waals surface area (Å²) in [5.74, 6) is 0. The molecule has 0 saturated carbocycles. The van der Waals surface area contributed by atoms with E-state index >= 15 is 0 Å². The summed E-state index contributed by atoms with van der Waals surface area (Å²) in [6.45, 7) is 7.28. The van der Waals surface area contributed by atoms with Crippen molar-refractivity contribution in [3.05, 3.63) is 23.8 Å². The van der Waals surface area contributed by atoms with Gasteiger partial charge in [0.1, 0.15) is 6.07 Å². The molecule has 0 aliphatic heterocycles. The van der Waals surface area contributed by atoms with Crippen molar-refractivity contribution in [3.8, 4) is 6.07 Å². The number of nitrogens with zero attached hydrogens (tertiary/aromatic N) is 2. The predicted octanol–water partition coefficient (Wildman–Crippen LogP) is 2.38. The van der Waals surface area contributed by atoms with E-state index in [9.17, 15) is 0 Å². The minimum Gasteiger partial charge on any atom is -0.398 e. The SMILES string of the molecule is CCN(c1ccc(N)c(C#N)c1)C(C)C. The van der Waals surface area contributed by atoms with Gasteiger partial charge >= 0.3 is 0 Å². The number of anilines is 2. The summed E-state index contributed by atoms with van der Waals surface area (Å²) in [6.07, 6.45) is 0. The lowest BCUT2D eigenvalue weighted by atomic mass is 10.1. The summed E-state index contributed by atoms with van der Waals surface area (Å²) < 4.78 is 0. The van der Waals surface area contributed by atoms with Crippen molar-refractivity contribution in [1.82, 2.24) is 0 Å². The Morgan fingerprint density at radius 1 is 1.47 bits per heavy atom. The second-order valence-electron chi connectivity index (χ2n) is 3.76. The minimum atomic E-state index is 0.421. The first-order valence-electron chi connectivity index (χ1n) is 5.16. The Kier molecular flexibility index (Phi) is 3.56. The molecule has 0 saturated heterocycles. The number of rotatable bonds is 3. The molecule has 0 bridgehead atoms. The molecule has 0 radical (unpaired) electrons. The van der Waals surface area contributed by atoms with Crippen molar-refractivity contribution in [2.24, 2.45) is 0 Å². The summed E-state index contributed by atoms with van der Waals surface area (Å²) >= 11 is 0. The summed E-state index contributed by atoms with van der Waals surface area (Å²) in [5.41, 5.74) is 7.82. The molecule has 80 valence electrons. The van der Waals surface area contributed by atoms with Crippen molar-refractivity contribution < 1.29 is 0 Å². The molecule has 0 aliphatic rings. The quantitative estimate of drug-likeness (QED) is 0.767. The molecular formula is C12H17N3. The van der Waals surface area contributed by atoms with Gasteiger partial charge in [-0.15, -0.1) is 0 Å². The van der Waals surface area contributed by atoms with Gasteiger partial charge in [-0.05, 0) is 39.0 Å². The van der Waals surface area contributed by atoms with Crippen LogP contribution in [0.2, 0.25) is 0 Å². The molecule has 0 aliphatic carbocycles. The van der Waals surface area contributed by atoms with Crippen LogP contribution in [0.4, 0.5) is 11.4 Å². The normalized spacial score (nSPS) is 10.1. The third-order valence-electron chi connectivity index (χ3n) is 2.45. The predicted molar refractivity (Wildman–Crippen MR) is 63.7 cm³/mol. The monoisotopic (exact) mass is 203 g/mol. The lowest BCUT2D eigenvalue weighted by Gasteiger charge is -2.27. The summed E-state index contributed by atoms with van der Waals surface area (Å²) in [4.78, 5) is 2.22. The van der Waals surface area contributed by atoms with Crippen LogP contribution in [0.25, 0.3) is 0 Å². The number of benzene rings is 1. The zero-order valence-corrected chi connectivity index (χ0v) is 9.49. The largest absolute Gasteiger partial charge is 0.398 e. The van der Waals surface area contributed by atoms with Gasteiger partial charge in [0, 0.05) is 24.0 Å². The highest BCUT2D eigenvalue weighted by molar-refractivity contribution is 5.62. The van der Waals surface area contributed by atoms with E-state index in [1.54, 1.807) is 6.07 Å². The minimum absolute atomic E-state index is 0.421. The van der Waals surface area contributed by atoms with Gasteiger partial charge in [0.15, 0.2) is 0 Å². The number of nitriles is 1. The Hall–Kier alpha value is -1.69. The van der Waals surface area contributed by atoms with Crippen molar-refractivity contribution in [1.29, 1.82) is 5.26 Å². The highest BCUT2D eigenvalue weighted by atomic mass is 15.1. The van der Waals surface area contributed by atoms with Crippen molar-refractivity contribution >= 4 is 11.4 Å². The maximum atomic E-state index is 8.89. The van der Waals surface area contributed by atoms with Crippen molar-refractivity contribution in [2.45, 2.75) is 26.8 Å². The van der Waals surface area contributed by atoms with E-state index in [1.165, 1.54) is 0 Å². The fraction of sp³-hybridized carbons (Fsp3) is 0.417. The Labute approximate surface area is 91.1 Å². The molecule has 0 atom stereocenters. The van der Waals surface area contributed by atoms with Crippen LogP contribution < -0.4 is 10.6 Å². The van der Waals surface area contributed by atoms with Crippen LogP contribution in [0.3, 0.4) is 0 Å². The van der Waals surface area contributed by atoms with Gasteiger partial charge < -0.3 is 10.6 Å². The van der Waals surface area contributed by atoms with E-state index in [-0.39, 0.29) is 0 Å². The van der Waals surface area contributed by atoms with Crippen LogP contribution in [-0.4, -0.2) is 12.6 Å². The fourth-order valence-electron chi connectivity index (χ4n) is 1.67. The van der Waals surface area contributed by atoms with E-state index < -0.39 is 0 Å². The van der Waals surface area contributed by atoms with Gasteiger partial charge in [0.05, 0.1) is 5.56 Å². The molecule has 0 unspecified atom stereocenters. The van der Waals surface area contributed by atoms with E-state index in [0.29, 0.717) is 17.3 Å². The molecule has 1 aromatic rings. The van der Waals surface area contributed by atoms with Crippen LogP contribution in [0.5, 0.6) is 0 Å². The van der Waals surface area contributed by atoms with Crippen LogP contribution in [0.15, 0.2) is 18.2 Å². The molecule has 3 heteroatoms. The number of nitrogen functional groups attached to an aromatic ring is 1. The lowest BCUT2D eigenvalue weighted by Crippen LogP contribution is -2.30. The molecule has 3 nitrogen and oxygen atoms in total. The van der Waals surface area contributed by atoms with Crippen LogP contribution >= 0.6 is 0 Å². The number of hydrogen-bond acceptors (Lipinski definition) is 3. The second-order valence-corrected chi connectivity index (χ2v) is 3.76. The van der Waals surface area contributed by atoms with E-state index in [2.05, 4.69) is 31.7 Å². The molecular weight excluding hydrogens is 186 g/mol. The third kappa shape index (κ3) is 2.41. The molecule has 0 aromatic heterocycles. The van der Waals surface area contributed by atoms with Gasteiger partial charge in [-0.3, -0.25) is 0 Å². The van der Waals surface area contributed by atoms with Crippen molar-refractivity contribution in [2.75, 3.05) is 17.2 Å². The smallest absolute Gasteiger partial charge is 0.101 e. The van der Waals surface area contributed by atoms with Crippen LogP contribution in [0, 0.1) is 11.3 Å². The van der Waals surface area contributed by atoms with E-state index in [1.807, 2.05) is 12.1 Å². The standard InChI is InChI=1S/C12H17N3/c1-4-15(9(2)3)11-5-6-12(14)10(7-11)8-13/h5-7,9H,4,14H2,1-3H3. The maximum Gasteiger partial charge on any atom is 0.101 e. The van der Waals surface area contributed by atoms with E-state index in [4.69, 9.17) is 11.0 Å². The van der Waals surface area contributed by atoms with Crippen LogP contribution in [-0.2, 0) is 0 Å². The average molecular weight is 203 g/mol. The second kappa shape index (κ2) is 4.70. The topological polar surface area (TPSA) is 53.0 Å². The van der Waals surface area contributed by atoms with Crippen LogP contribution in [0.1, 0.15) is 26.3 Å². The molecule has 0 spiro atoms. The third-order valence-corrected chi connectivity index (χ3v) is 2.45. The maximum absolute atomic E-state index is 8.89. The van der Waals surface area contributed by atoms with E-state index in [0.717, 1.165) is 12.2 Å². The van der Waals surface area contributed by atoms with Gasteiger partial charge in [-0.25, -0.2) is 0 Å². The first-order valence-corrected chi connectivity index (χ1v) is 5.16. The summed E-state index contributed by atoms with van der Waals surface area (Å²) in [6, 6.07) is 8.12. The molecule has 0 amide bonds. The summed E-state index contributed by atoms with van der Waals surface area (Å²) in [5, 5.41) is 8.89.